The Morgan fingerprint density at radius 3 is 2.08 bits per heavy atom. The van der Waals surface area contributed by atoms with E-state index in [2.05, 4.69) is 57.7 Å². The second kappa shape index (κ2) is 16.5. The lowest BCUT2D eigenvalue weighted by atomic mass is 9.81. The molecule has 0 N–H and O–H groups in total. The van der Waals surface area contributed by atoms with Crippen molar-refractivity contribution in [2.75, 3.05) is 37.5 Å². The highest BCUT2D eigenvalue weighted by molar-refractivity contribution is 7.90. The van der Waals surface area contributed by atoms with Crippen LogP contribution in [-0.2, 0) is 39.7 Å². The predicted molar refractivity (Wildman–Crippen MR) is 201 cm³/mol. The molecule has 50 heavy (non-hydrogen) atoms. The number of fused-ring (bicyclic) bond motifs is 2. The Labute approximate surface area is 300 Å². The van der Waals surface area contributed by atoms with Crippen LogP contribution in [-0.4, -0.2) is 63.2 Å². The fourth-order valence-corrected chi connectivity index (χ4v) is 7.67. The molecule has 8 nitrogen and oxygen atoms in total. The van der Waals surface area contributed by atoms with Crippen LogP contribution in [0.2, 0.25) is 0 Å². The van der Waals surface area contributed by atoms with E-state index in [4.69, 9.17) is 9.47 Å². The lowest BCUT2D eigenvalue weighted by Gasteiger charge is -2.26. The molecular weight excluding hydrogens is 649 g/mol. The Hall–Kier alpha value is -3.72. The number of sulfone groups is 1. The molecular formula is C41H57N2O6S+. The average Bonchev–Trinajstić information content (AvgIpc) is 3.38. The Bertz CT molecular complexity index is 1770. The first-order valence-corrected chi connectivity index (χ1v) is 20.1. The molecule has 0 amide bonds. The average molecular weight is 706 g/mol. The Kier molecular flexibility index (Phi) is 12.9. The van der Waals surface area contributed by atoms with Crippen molar-refractivity contribution in [1.82, 2.24) is 0 Å². The number of anilines is 1. The predicted octanol–water partition coefficient (Wildman–Crippen LogP) is 8.26. The van der Waals surface area contributed by atoms with Crippen molar-refractivity contribution in [2.24, 2.45) is 0 Å². The van der Waals surface area contributed by atoms with Gasteiger partial charge in [-0.25, -0.2) is 13.2 Å². The largest absolute Gasteiger partial charge is 0.464 e. The van der Waals surface area contributed by atoms with Gasteiger partial charge < -0.3 is 14.4 Å². The molecule has 0 aromatic heterocycles. The monoisotopic (exact) mass is 705 g/mol. The SMILES string of the molecule is CCCCCCOC(=O)CN1C(=CC=CC2=[N+](CC(=O)OCCCCCC)c3ccc(S(C)(=O)=O)cc3C2(C)C)C(C)(C)c2cc(C)ccc21. The first-order valence-electron chi connectivity index (χ1n) is 18.2. The number of aryl methyl sites for hydroxylation is 1. The summed E-state index contributed by atoms with van der Waals surface area (Å²) in [6.45, 7) is 15.7. The number of esters is 2. The van der Waals surface area contributed by atoms with Gasteiger partial charge in [0.05, 0.1) is 23.5 Å². The highest BCUT2D eigenvalue weighted by atomic mass is 32.2. The minimum absolute atomic E-state index is 0.00507. The Balaban J connectivity index is 1.70. The fraction of sp³-hybridized carbons (Fsp3) is 0.537. The molecule has 0 radical (unpaired) electrons. The fourth-order valence-electron chi connectivity index (χ4n) is 7.02. The number of carbonyl (C=O) groups is 2. The Morgan fingerprint density at radius 2 is 1.46 bits per heavy atom. The summed E-state index contributed by atoms with van der Waals surface area (Å²) < 4.78 is 38.3. The van der Waals surface area contributed by atoms with Gasteiger partial charge in [0, 0.05) is 40.8 Å². The molecule has 0 fully saturated rings. The molecule has 2 aromatic rings. The van der Waals surface area contributed by atoms with Crippen LogP contribution >= 0.6 is 0 Å². The van der Waals surface area contributed by atoms with Crippen LogP contribution in [0.25, 0.3) is 0 Å². The van der Waals surface area contributed by atoms with Crippen LogP contribution in [0.5, 0.6) is 0 Å². The summed E-state index contributed by atoms with van der Waals surface area (Å²) in [7, 11) is -3.44. The zero-order chi connectivity index (χ0) is 36.7. The van der Waals surface area contributed by atoms with Crippen molar-refractivity contribution in [3.63, 3.8) is 0 Å². The second-order valence-electron chi connectivity index (χ2n) is 14.8. The van der Waals surface area contributed by atoms with E-state index in [-0.39, 0.29) is 29.9 Å². The van der Waals surface area contributed by atoms with E-state index in [1.165, 1.54) is 6.26 Å². The van der Waals surface area contributed by atoms with E-state index in [9.17, 15) is 18.0 Å². The summed E-state index contributed by atoms with van der Waals surface area (Å²) in [5.41, 5.74) is 5.70. The molecule has 2 aliphatic rings. The summed E-state index contributed by atoms with van der Waals surface area (Å²) in [5.74, 6) is -0.591. The van der Waals surface area contributed by atoms with Gasteiger partial charge in [-0.3, -0.25) is 4.79 Å². The Morgan fingerprint density at radius 1 is 0.820 bits per heavy atom. The van der Waals surface area contributed by atoms with Gasteiger partial charge in [-0.05, 0) is 63.5 Å². The molecule has 0 saturated heterocycles. The smallest absolute Gasteiger partial charge is 0.372 e. The number of carbonyl (C=O) groups excluding carboxylic acids is 2. The minimum Gasteiger partial charge on any atom is -0.464 e. The van der Waals surface area contributed by atoms with Crippen LogP contribution in [0.4, 0.5) is 11.4 Å². The lowest BCUT2D eigenvalue weighted by molar-refractivity contribution is -0.428. The highest BCUT2D eigenvalue weighted by Gasteiger charge is 2.46. The van der Waals surface area contributed by atoms with Crippen molar-refractivity contribution in [1.29, 1.82) is 0 Å². The third-order valence-corrected chi connectivity index (χ3v) is 11.1. The number of rotatable bonds is 17. The van der Waals surface area contributed by atoms with Crippen molar-refractivity contribution in [3.05, 3.63) is 77.0 Å². The van der Waals surface area contributed by atoms with E-state index in [1.807, 2.05) is 36.7 Å². The molecule has 0 atom stereocenters. The van der Waals surface area contributed by atoms with E-state index >= 15 is 0 Å². The topological polar surface area (TPSA) is 93.0 Å². The zero-order valence-corrected chi connectivity index (χ0v) is 32.3. The van der Waals surface area contributed by atoms with Gasteiger partial charge in [0.25, 0.3) is 0 Å². The summed E-state index contributed by atoms with van der Waals surface area (Å²) in [6, 6.07) is 11.4. The molecule has 9 heteroatoms. The quantitative estimate of drug-likeness (QED) is 0.0930. The van der Waals surface area contributed by atoms with Crippen LogP contribution in [0.3, 0.4) is 0 Å². The third kappa shape index (κ3) is 8.95. The summed E-state index contributed by atoms with van der Waals surface area (Å²) in [6.07, 6.45) is 15.4. The van der Waals surface area contributed by atoms with Gasteiger partial charge in [-0.2, -0.15) is 4.58 Å². The van der Waals surface area contributed by atoms with Crippen LogP contribution < -0.4 is 4.90 Å². The maximum absolute atomic E-state index is 13.2. The minimum atomic E-state index is -3.44. The molecule has 4 rings (SSSR count). The third-order valence-electron chi connectivity index (χ3n) is 9.94. The lowest BCUT2D eigenvalue weighted by Crippen LogP contribution is -2.32. The van der Waals surface area contributed by atoms with Gasteiger partial charge in [0.1, 0.15) is 6.54 Å². The first-order chi connectivity index (χ1) is 23.6. The molecule has 2 heterocycles. The van der Waals surface area contributed by atoms with Crippen molar-refractivity contribution < 1.29 is 32.1 Å². The number of unbranched alkanes of at least 4 members (excludes halogenated alkanes) is 6. The van der Waals surface area contributed by atoms with Gasteiger partial charge in [-0.15, -0.1) is 0 Å². The van der Waals surface area contributed by atoms with Crippen LogP contribution in [0, 0.1) is 6.92 Å². The molecule has 0 spiro atoms. The standard InChI is InChI=1S/C41H57N2O6S/c1-9-11-13-15-24-48-38(44)28-42-34-22-20-30(3)26-32(34)40(4,5)36(42)18-17-19-37-41(6,7)33-27-31(50(8,46)47)21-23-35(33)43(37)29-39(45)49-25-16-14-12-10-2/h17-23,26-27H,9-16,24-25,28-29H2,1-8H3/q+1. The van der Waals surface area contributed by atoms with Gasteiger partial charge >= 0.3 is 11.9 Å². The maximum Gasteiger partial charge on any atom is 0.372 e. The van der Waals surface area contributed by atoms with Crippen molar-refractivity contribution >= 4 is 38.9 Å². The van der Waals surface area contributed by atoms with Gasteiger partial charge in [0.15, 0.2) is 15.5 Å². The number of ether oxygens (including phenoxy) is 2. The molecule has 2 aromatic carbocycles. The van der Waals surface area contributed by atoms with Crippen molar-refractivity contribution in [2.45, 2.75) is 116 Å². The molecule has 0 saturated carbocycles. The van der Waals surface area contributed by atoms with E-state index < -0.39 is 20.7 Å². The number of hydrogen-bond donors (Lipinski definition) is 0. The summed E-state index contributed by atoms with van der Waals surface area (Å²) >= 11 is 0. The van der Waals surface area contributed by atoms with Gasteiger partial charge in [-0.1, -0.05) is 90.0 Å². The first kappa shape index (κ1) is 39.1. The molecule has 0 aliphatic carbocycles. The summed E-state index contributed by atoms with van der Waals surface area (Å²) in [5, 5.41) is 0. The van der Waals surface area contributed by atoms with Crippen LogP contribution in [0.15, 0.2) is 65.2 Å². The van der Waals surface area contributed by atoms with Crippen molar-refractivity contribution in [3.8, 4) is 0 Å². The number of hydrogen-bond acceptors (Lipinski definition) is 7. The number of allylic oxidation sites excluding steroid dienone is 4. The molecule has 0 unspecified atom stereocenters. The number of benzene rings is 2. The molecule has 2 aliphatic heterocycles. The van der Waals surface area contributed by atoms with E-state index in [1.54, 1.807) is 18.2 Å². The maximum atomic E-state index is 13.2. The highest BCUT2D eigenvalue weighted by Crippen LogP contribution is 2.48. The molecule has 272 valence electrons. The zero-order valence-electron chi connectivity index (χ0n) is 31.4. The normalized spacial score (nSPS) is 17.0. The second-order valence-corrected chi connectivity index (χ2v) is 16.8. The van der Waals surface area contributed by atoms with Crippen LogP contribution in [0.1, 0.15) is 110 Å². The van der Waals surface area contributed by atoms with E-state index in [0.29, 0.717) is 13.2 Å². The van der Waals surface area contributed by atoms with Gasteiger partial charge in [0.2, 0.25) is 12.2 Å². The van der Waals surface area contributed by atoms with E-state index in [0.717, 1.165) is 90.8 Å². The number of nitrogens with zero attached hydrogens (tertiary/aromatic N) is 2. The summed E-state index contributed by atoms with van der Waals surface area (Å²) in [4.78, 5) is 28.6. The molecule has 0 bridgehead atoms.